The first-order valence-electron chi connectivity index (χ1n) is 6.01. The molecule has 1 aliphatic heterocycles. The van der Waals surface area contributed by atoms with Crippen LogP contribution in [0.3, 0.4) is 0 Å². The Kier molecular flexibility index (Phi) is 2.55. The molecule has 1 aliphatic rings. The van der Waals surface area contributed by atoms with Gasteiger partial charge in [-0.05, 0) is 30.0 Å². The molecule has 2 heterocycles. The van der Waals surface area contributed by atoms with E-state index in [-0.39, 0.29) is 0 Å². The summed E-state index contributed by atoms with van der Waals surface area (Å²) in [6, 6.07) is 6.64. The highest BCUT2D eigenvalue weighted by Crippen LogP contribution is 2.23. The summed E-state index contributed by atoms with van der Waals surface area (Å²) in [5, 5.41) is 7.52. The Labute approximate surface area is 101 Å². The summed E-state index contributed by atoms with van der Waals surface area (Å²) in [5.41, 5.74) is 4.03. The third-order valence-corrected chi connectivity index (χ3v) is 3.28. The van der Waals surface area contributed by atoms with Crippen LogP contribution < -0.4 is 5.32 Å². The van der Waals surface area contributed by atoms with Gasteiger partial charge in [-0.1, -0.05) is 12.1 Å². The first kappa shape index (κ1) is 10.3. The van der Waals surface area contributed by atoms with Gasteiger partial charge < -0.3 is 5.32 Å². The molecule has 0 spiro atoms. The molecule has 0 unspecified atom stereocenters. The van der Waals surface area contributed by atoms with Crippen LogP contribution in [0.2, 0.25) is 0 Å². The summed E-state index contributed by atoms with van der Waals surface area (Å²) < 4.78 is 1.83. The van der Waals surface area contributed by atoms with Crippen LogP contribution >= 0.6 is 0 Å². The first-order chi connectivity index (χ1) is 8.33. The van der Waals surface area contributed by atoms with Crippen molar-refractivity contribution in [3.8, 4) is 0 Å². The molecule has 0 radical (unpaired) electrons. The van der Waals surface area contributed by atoms with Gasteiger partial charge in [0.2, 0.25) is 0 Å². The van der Waals surface area contributed by atoms with E-state index in [1.807, 2.05) is 11.7 Å². The lowest BCUT2D eigenvalue weighted by Crippen LogP contribution is -2.12. The van der Waals surface area contributed by atoms with Crippen LogP contribution in [-0.2, 0) is 19.9 Å². The lowest BCUT2D eigenvalue weighted by molar-refractivity contribution is 0.716. The average molecular weight is 228 g/mol. The molecule has 0 amide bonds. The van der Waals surface area contributed by atoms with E-state index in [4.69, 9.17) is 0 Å². The summed E-state index contributed by atoms with van der Waals surface area (Å²) >= 11 is 0. The molecule has 1 N–H and O–H groups in total. The smallest absolute Gasteiger partial charge is 0.138 e. The fourth-order valence-electron chi connectivity index (χ4n) is 2.30. The third kappa shape index (κ3) is 2.02. The Morgan fingerprint density at radius 2 is 2.35 bits per heavy atom. The topological polar surface area (TPSA) is 42.7 Å². The molecule has 0 aliphatic carbocycles. The molecule has 4 nitrogen and oxygen atoms in total. The van der Waals surface area contributed by atoms with Crippen LogP contribution in [-0.4, -0.2) is 21.3 Å². The lowest BCUT2D eigenvalue weighted by atomic mass is 9.99. The Balaban J connectivity index is 1.87. The molecule has 0 bridgehead atoms. The maximum absolute atomic E-state index is 4.26. The van der Waals surface area contributed by atoms with Crippen molar-refractivity contribution in [1.82, 2.24) is 14.8 Å². The lowest BCUT2D eigenvalue weighted by Gasteiger charge is -2.18. The van der Waals surface area contributed by atoms with E-state index in [0.29, 0.717) is 0 Å². The van der Waals surface area contributed by atoms with E-state index < -0.39 is 0 Å². The maximum Gasteiger partial charge on any atom is 0.138 e. The molecule has 4 heteroatoms. The van der Waals surface area contributed by atoms with Gasteiger partial charge in [-0.15, -0.1) is 0 Å². The number of hydrogen-bond acceptors (Lipinski definition) is 3. The van der Waals surface area contributed by atoms with E-state index in [9.17, 15) is 0 Å². The van der Waals surface area contributed by atoms with Gasteiger partial charge in [-0.2, -0.15) is 5.10 Å². The van der Waals surface area contributed by atoms with E-state index in [0.717, 1.165) is 18.8 Å². The fraction of sp³-hybridized carbons (Fsp3) is 0.385. The van der Waals surface area contributed by atoms with Gasteiger partial charge >= 0.3 is 0 Å². The van der Waals surface area contributed by atoms with Crippen LogP contribution in [0.25, 0.3) is 0 Å². The molecule has 88 valence electrons. The number of fused-ring (bicyclic) bond motifs is 1. The Hall–Kier alpha value is -1.84. The summed E-state index contributed by atoms with van der Waals surface area (Å²) in [5.74, 6) is 1.01. The first-order valence-corrected chi connectivity index (χ1v) is 6.01. The van der Waals surface area contributed by atoms with Gasteiger partial charge in [-0.25, -0.2) is 4.98 Å². The molecular weight excluding hydrogens is 212 g/mol. The summed E-state index contributed by atoms with van der Waals surface area (Å²) in [7, 11) is 1.93. The van der Waals surface area contributed by atoms with Gasteiger partial charge in [0.1, 0.15) is 12.2 Å². The molecule has 0 saturated heterocycles. The summed E-state index contributed by atoms with van der Waals surface area (Å²) in [4.78, 5) is 4.26. The molecule has 0 saturated carbocycles. The number of anilines is 1. The van der Waals surface area contributed by atoms with Gasteiger partial charge in [0.15, 0.2) is 0 Å². The van der Waals surface area contributed by atoms with Gasteiger partial charge in [-0.3, -0.25) is 4.68 Å². The second-order valence-electron chi connectivity index (χ2n) is 4.50. The molecule has 1 aromatic carbocycles. The summed E-state index contributed by atoms with van der Waals surface area (Å²) in [6.07, 6.45) is 4.86. The molecular formula is C13H16N4. The monoisotopic (exact) mass is 228 g/mol. The van der Waals surface area contributed by atoms with Crippen molar-refractivity contribution in [3.63, 3.8) is 0 Å². The van der Waals surface area contributed by atoms with Crippen molar-refractivity contribution >= 4 is 5.69 Å². The van der Waals surface area contributed by atoms with Crippen molar-refractivity contribution in [2.24, 2.45) is 7.05 Å². The largest absolute Gasteiger partial charge is 0.385 e. The fourth-order valence-corrected chi connectivity index (χ4v) is 2.30. The normalized spacial score (nSPS) is 14.2. The van der Waals surface area contributed by atoms with Crippen LogP contribution in [0.5, 0.6) is 0 Å². The maximum atomic E-state index is 4.26. The number of benzene rings is 1. The Morgan fingerprint density at radius 1 is 1.41 bits per heavy atom. The number of aromatic nitrogens is 3. The van der Waals surface area contributed by atoms with Crippen LogP contribution in [0.1, 0.15) is 23.4 Å². The van der Waals surface area contributed by atoms with Crippen LogP contribution in [0, 0.1) is 0 Å². The zero-order chi connectivity index (χ0) is 11.7. The van der Waals surface area contributed by atoms with Gasteiger partial charge in [0, 0.05) is 25.7 Å². The van der Waals surface area contributed by atoms with Crippen molar-refractivity contribution in [1.29, 1.82) is 0 Å². The minimum atomic E-state index is 0.851. The van der Waals surface area contributed by atoms with Crippen LogP contribution in [0.4, 0.5) is 5.69 Å². The standard InChI is InChI=1S/C13H16N4/c1-17-13(15-9-16-17)8-10-4-5-12-11(7-10)3-2-6-14-12/h4-5,7,9,14H,2-3,6,8H2,1H3. The van der Waals surface area contributed by atoms with Crippen molar-refractivity contribution in [3.05, 3.63) is 41.5 Å². The van der Waals surface area contributed by atoms with Crippen molar-refractivity contribution in [2.45, 2.75) is 19.3 Å². The molecule has 0 fully saturated rings. The van der Waals surface area contributed by atoms with E-state index in [2.05, 4.69) is 33.6 Å². The third-order valence-electron chi connectivity index (χ3n) is 3.28. The highest BCUT2D eigenvalue weighted by Gasteiger charge is 2.10. The zero-order valence-corrected chi connectivity index (χ0v) is 9.98. The highest BCUT2D eigenvalue weighted by molar-refractivity contribution is 5.54. The van der Waals surface area contributed by atoms with Crippen molar-refractivity contribution < 1.29 is 0 Å². The number of nitrogens with one attached hydrogen (secondary N) is 1. The van der Waals surface area contributed by atoms with Gasteiger partial charge in [0.25, 0.3) is 0 Å². The molecule has 17 heavy (non-hydrogen) atoms. The average Bonchev–Trinajstić information content (AvgIpc) is 2.75. The second kappa shape index (κ2) is 4.20. The SMILES string of the molecule is Cn1ncnc1Cc1ccc2c(c1)CCCN2. The minimum Gasteiger partial charge on any atom is -0.385 e. The minimum absolute atomic E-state index is 0.851. The molecule has 0 atom stereocenters. The number of hydrogen-bond donors (Lipinski definition) is 1. The second-order valence-corrected chi connectivity index (χ2v) is 4.50. The molecule has 3 rings (SSSR count). The van der Waals surface area contributed by atoms with E-state index >= 15 is 0 Å². The predicted molar refractivity (Wildman–Crippen MR) is 67.1 cm³/mol. The van der Waals surface area contributed by atoms with Crippen molar-refractivity contribution in [2.75, 3.05) is 11.9 Å². The van der Waals surface area contributed by atoms with Crippen LogP contribution in [0.15, 0.2) is 24.5 Å². The van der Waals surface area contributed by atoms with Gasteiger partial charge in [0.05, 0.1) is 0 Å². The zero-order valence-electron chi connectivity index (χ0n) is 9.98. The summed E-state index contributed by atoms with van der Waals surface area (Å²) in [6.45, 7) is 1.09. The van der Waals surface area contributed by atoms with E-state index in [1.54, 1.807) is 6.33 Å². The Bertz CT molecular complexity index is 530. The number of nitrogens with zero attached hydrogens (tertiary/aromatic N) is 3. The van der Waals surface area contributed by atoms with E-state index in [1.165, 1.54) is 29.7 Å². The predicted octanol–water partition coefficient (Wildman–Crippen LogP) is 1.76. The quantitative estimate of drug-likeness (QED) is 0.851. The molecule has 2 aromatic rings. The number of rotatable bonds is 2. The number of aryl methyl sites for hydroxylation is 2. The Morgan fingerprint density at radius 3 is 3.18 bits per heavy atom. The molecule has 1 aromatic heterocycles. The highest BCUT2D eigenvalue weighted by atomic mass is 15.3.